The van der Waals surface area contributed by atoms with Crippen molar-refractivity contribution in [3.05, 3.63) is 66.5 Å². The van der Waals surface area contributed by atoms with E-state index >= 15 is 4.39 Å². The average Bonchev–Trinajstić information content (AvgIpc) is 3.72. The van der Waals surface area contributed by atoms with Gasteiger partial charge in [0, 0.05) is 30.8 Å². The van der Waals surface area contributed by atoms with Gasteiger partial charge in [0.15, 0.2) is 24.0 Å². The lowest BCUT2D eigenvalue weighted by atomic mass is 10.0. The number of rotatable bonds is 6. The van der Waals surface area contributed by atoms with Crippen molar-refractivity contribution in [3.8, 4) is 34.0 Å². The topological polar surface area (TPSA) is 97.9 Å². The summed E-state index contributed by atoms with van der Waals surface area (Å²) in [6.45, 7) is 1.32. The van der Waals surface area contributed by atoms with Crippen LogP contribution in [0.2, 0.25) is 0 Å². The van der Waals surface area contributed by atoms with Crippen LogP contribution in [-0.2, 0) is 9.47 Å². The van der Waals surface area contributed by atoms with Gasteiger partial charge in [0.2, 0.25) is 0 Å². The number of alkyl halides is 1. The number of fused-ring (bicyclic) bond motifs is 2. The SMILES string of the molecule is O[C@@H]1CO[C@H]2[C@@H]1OC[C@H]2Oc1cc2nc(-c3ccc(-c4ccc(O[C@@H]5CNC[C@H]5F)cc4)cc3)c(F)cc2[nH]1. The minimum absolute atomic E-state index is 0.218. The molecule has 0 saturated carbocycles. The predicted molar refractivity (Wildman–Crippen MR) is 139 cm³/mol. The third-order valence-corrected chi connectivity index (χ3v) is 7.51. The number of aliphatic hydroxyl groups excluding tert-OH is 1. The van der Waals surface area contributed by atoms with E-state index in [0.29, 0.717) is 47.9 Å². The number of aromatic nitrogens is 2. The van der Waals surface area contributed by atoms with E-state index in [1.165, 1.54) is 6.07 Å². The molecule has 3 saturated heterocycles. The molecule has 0 spiro atoms. The summed E-state index contributed by atoms with van der Waals surface area (Å²) < 4.78 is 51.8. The summed E-state index contributed by atoms with van der Waals surface area (Å²) in [5.41, 5.74) is 3.87. The number of nitrogens with zero attached hydrogens (tertiary/aromatic N) is 1. The first-order valence-electron chi connectivity index (χ1n) is 13.0. The molecule has 2 aromatic heterocycles. The molecule has 2 aromatic carbocycles. The van der Waals surface area contributed by atoms with Crippen molar-refractivity contribution in [3.63, 3.8) is 0 Å². The summed E-state index contributed by atoms with van der Waals surface area (Å²) in [6.07, 6.45) is -3.26. The lowest BCUT2D eigenvalue weighted by Crippen LogP contribution is -2.34. The average molecular weight is 536 g/mol. The van der Waals surface area contributed by atoms with Gasteiger partial charge in [0.1, 0.15) is 35.9 Å². The fraction of sp³-hybridized carbons (Fsp3) is 0.345. The second-order valence-electron chi connectivity index (χ2n) is 10.1. The van der Waals surface area contributed by atoms with Crippen LogP contribution < -0.4 is 14.8 Å². The van der Waals surface area contributed by atoms with Crippen LogP contribution in [0.25, 0.3) is 33.4 Å². The summed E-state index contributed by atoms with van der Waals surface area (Å²) in [5.74, 6) is 0.598. The fourth-order valence-corrected chi connectivity index (χ4v) is 5.44. The lowest BCUT2D eigenvalue weighted by molar-refractivity contribution is 0.00794. The summed E-state index contributed by atoms with van der Waals surface area (Å²) in [4.78, 5) is 7.61. The zero-order chi connectivity index (χ0) is 26.5. The molecule has 3 fully saturated rings. The number of hydrogen-bond acceptors (Lipinski definition) is 7. The quantitative estimate of drug-likeness (QED) is 0.347. The maximum Gasteiger partial charge on any atom is 0.193 e. The maximum atomic E-state index is 15.1. The van der Waals surface area contributed by atoms with E-state index in [4.69, 9.17) is 18.9 Å². The van der Waals surface area contributed by atoms with Crippen molar-refractivity contribution in [2.24, 2.45) is 0 Å². The Hall–Kier alpha value is -3.57. The molecule has 0 aliphatic carbocycles. The molecule has 8 nitrogen and oxygen atoms in total. The standard InChI is InChI=1S/C29H27F2N3O5/c30-19-9-21-22(10-26(33-21)39-25-14-37-28-23(35)13-36-29(25)28)34-27(19)17-3-1-15(2-4-17)16-5-7-18(8-6-16)38-24-12-32-11-20(24)31/h1-10,20,23-25,28-29,32-33,35H,11-14H2/t20-,23-,24-,25-,28-,29-/m1/s1. The van der Waals surface area contributed by atoms with Crippen molar-refractivity contribution in [1.29, 1.82) is 0 Å². The smallest absolute Gasteiger partial charge is 0.193 e. The van der Waals surface area contributed by atoms with E-state index in [9.17, 15) is 9.50 Å². The van der Waals surface area contributed by atoms with Crippen molar-refractivity contribution >= 4 is 11.0 Å². The molecule has 0 radical (unpaired) electrons. The number of aliphatic hydroxyl groups is 1. The number of benzene rings is 2. The molecular weight excluding hydrogens is 508 g/mol. The Morgan fingerprint density at radius 2 is 1.56 bits per heavy atom. The Kier molecular flexibility index (Phi) is 6.19. The highest BCUT2D eigenvalue weighted by Gasteiger charge is 2.48. The molecule has 0 unspecified atom stereocenters. The van der Waals surface area contributed by atoms with Gasteiger partial charge < -0.3 is 34.4 Å². The second kappa shape index (κ2) is 9.87. The summed E-state index contributed by atoms with van der Waals surface area (Å²) in [6, 6.07) is 18.1. The Labute approximate surface area is 222 Å². The molecule has 5 heterocycles. The van der Waals surface area contributed by atoms with Crippen molar-refractivity contribution in [2.45, 2.75) is 36.7 Å². The predicted octanol–water partition coefficient (Wildman–Crippen LogP) is 3.63. The summed E-state index contributed by atoms with van der Waals surface area (Å²) in [5, 5.41) is 12.9. The summed E-state index contributed by atoms with van der Waals surface area (Å²) in [7, 11) is 0. The van der Waals surface area contributed by atoms with E-state index < -0.39 is 30.3 Å². The zero-order valence-electron chi connectivity index (χ0n) is 20.8. The number of pyridine rings is 1. The first-order valence-corrected chi connectivity index (χ1v) is 13.0. The van der Waals surface area contributed by atoms with Gasteiger partial charge in [-0.05, 0) is 23.3 Å². The molecule has 4 aromatic rings. The highest BCUT2D eigenvalue weighted by Crippen LogP contribution is 2.33. The van der Waals surface area contributed by atoms with Gasteiger partial charge in [-0.15, -0.1) is 0 Å². The second-order valence-corrected chi connectivity index (χ2v) is 10.1. The van der Waals surface area contributed by atoms with Crippen molar-refractivity contribution < 1.29 is 32.8 Å². The molecular formula is C29H27F2N3O5. The molecule has 0 bridgehead atoms. The highest BCUT2D eigenvalue weighted by atomic mass is 19.1. The minimum atomic E-state index is -1.01. The van der Waals surface area contributed by atoms with Crippen molar-refractivity contribution in [1.82, 2.24) is 15.3 Å². The van der Waals surface area contributed by atoms with Crippen LogP contribution in [0.3, 0.4) is 0 Å². The fourth-order valence-electron chi connectivity index (χ4n) is 5.44. The number of H-pyrrole nitrogens is 1. The third-order valence-electron chi connectivity index (χ3n) is 7.51. The normalized spacial score (nSPS) is 28.2. The maximum absolute atomic E-state index is 15.1. The molecule has 3 N–H and O–H groups in total. The van der Waals surface area contributed by atoms with E-state index in [2.05, 4.69) is 15.3 Å². The number of hydrogen-bond donors (Lipinski definition) is 3. The van der Waals surface area contributed by atoms with Crippen LogP contribution in [0.15, 0.2) is 60.7 Å². The highest BCUT2D eigenvalue weighted by molar-refractivity contribution is 5.81. The van der Waals surface area contributed by atoms with Crippen LogP contribution in [0.5, 0.6) is 11.6 Å². The molecule has 7 rings (SSSR count). The molecule has 3 aliphatic rings. The Bertz CT molecular complexity index is 1480. The minimum Gasteiger partial charge on any atom is -0.486 e. The Morgan fingerprint density at radius 1 is 0.846 bits per heavy atom. The van der Waals surface area contributed by atoms with Crippen LogP contribution in [0, 0.1) is 5.82 Å². The molecule has 0 amide bonds. The van der Waals surface area contributed by atoms with Gasteiger partial charge in [-0.1, -0.05) is 36.4 Å². The number of nitrogens with one attached hydrogen (secondary N) is 2. The Morgan fingerprint density at radius 3 is 2.31 bits per heavy atom. The molecule has 3 aliphatic heterocycles. The third kappa shape index (κ3) is 4.63. The largest absolute Gasteiger partial charge is 0.486 e. The van der Waals surface area contributed by atoms with Gasteiger partial charge in [-0.3, -0.25) is 0 Å². The van der Waals surface area contributed by atoms with E-state index in [0.717, 1.165) is 11.1 Å². The number of aromatic amines is 1. The van der Waals surface area contributed by atoms with Crippen LogP contribution >= 0.6 is 0 Å². The number of halogens is 2. The van der Waals surface area contributed by atoms with Gasteiger partial charge in [0.25, 0.3) is 0 Å². The van der Waals surface area contributed by atoms with Crippen LogP contribution in [-0.4, -0.2) is 78.1 Å². The van der Waals surface area contributed by atoms with Crippen LogP contribution in [0.1, 0.15) is 0 Å². The van der Waals surface area contributed by atoms with Crippen LogP contribution in [0.4, 0.5) is 8.78 Å². The van der Waals surface area contributed by atoms with Gasteiger partial charge in [0.05, 0.1) is 24.2 Å². The number of ether oxygens (including phenoxy) is 4. The zero-order valence-corrected chi connectivity index (χ0v) is 20.8. The molecule has 6 atom stereocenters. The van der Waals surface area contributed by atoms with Gasteiger partial charge >= 0.3 is 0 Å². The lowest BCUT2D eigenvalue weighted by Gasteiger charge is -2.16. The molecule has 39 heavy (non-hydrogen) atoms. The summed E-state index contributed by atoms with van der Waals surface area (Å²) >= 11 is 0. The molecule has 202 valence electrons. The monoisotopic (exact) mass is 535 g/mol. The van der Waals surface area contributed by atoms with Gasteiger partial charge in [-0.25, -0.2) is 13.8 Å². The van der Waals surface area contributed by atoms with E-state index in [1.54, 1.807) is 6.07 Å². The van der Waals surface area contributed by atoms with E-state index in [-0.39, 0.29) is 24.5 Å². The molecule has 10 heteroatoms. The van der Waals surface area contributed by atoms with Gasteiger partial charge in [-0.2, -0.15) is 0 Å². The van der Waals surface area contributed by atoms with Crippen molar-refractivity contribution in [2.75, 3.05) is 26.3 Å². The van der Waals surface area contributed by atoms with E-state index in [1.807, 2.05) is 48.5 Å². The first kappa shape index (κ1) is 24.5. The first-order chi connectivity index (χ1) is 19.0. The Balaban J connectivity index is 1.07.